The van der Waals surface area contributed by atoms with E-state index in [1.165, 1.54) is 5.56 Å². The molecule has 4 rings (SSSR count). The number of nitrogens with zero attached hydrogens (tertiary/aromatic N) is 5. The Labute approximate surface area is 212 Å². The third-order valence-electron chi connectivity index (χ3n) is 6.61. The number of anilines is 3. The van der Waals surface area contributed by atoms with E-state index in [-0.39, 0.29) is 11.8 Å². The maximum atomic E-state index is 12.3. The molecular formula is C26H37N7O3. The topological polar surface area (TPSA) is 117 Å². The zero-order valence-electron chi connectivity index (χ0n) is 21.7. The van der Waals surface area contributed by atoms with Gasteiger partial charge in [-0.3, -0.25) is 4.79 Å². The Bertz CT molecular complexity index is 1070. The highest BCUT2D eigenvalue weighted by Crippen LogP contribution is 2.30. The molecule has 0 unspecified atom stereocenters. The molecule has 0 spiro atoms. The summed E-state index contributed by atoms with van der Waals surface area (Å²) in [5.41, 5.74) is 7.22. The summed E-state index contributed by atoms with van der Waals surface area (Å²) < 4.78 is 5.50. The monoisotopic (exact) mass is 495 g/mol. The molecule has 2 amide bonds. The van der Waals surface area contributed by atoms with Crippen molar-refractivity contribution in [2.75, 3.05) is 56.5 Å². The maximum Gasteiger partial charge on any atom is 0.410 e. The van der Waals surface area contributed by atoms with Gasteiger partial charge in [-0.2, -0.15) is 0 Å². The van der Waals surface area contributed by atoms with Crippen LogP contribution in [0.2, 0.25) is 0 Å². The number of amides is 2. The lowest BCUT2D eigenvalue weighted by Gasteiger charge is -2.33. The quantitative estimate of drug-likeness (QED) is 0.650. The Morgan fingerprint density at radius 1 is 1.03 bits per heavy atom. The van der Waals surface area contributed by atoms with E-state index in [0.717, 1.165) is 50.5 Å². The van der Waals surface area contributed by atoms with Crippen molar-refractivity contribution in [2.45, 2.75) is 45.1 Å². The molecule has 0 bridgehead atoms. The average Bonchev–Trinajstić information content (AvgIpc) is 2.84. The van der Waals surface area contributed by atoms with Crippen LogP contribution in [0.3, 0.4) is 0 Å². The van der Waals surface area contributed by atoms with Crippen molar-refractivity contribution in [1.82, 2.24) is 19.8 Å². The Morgan fingerprint density at radius 3 is 2.25 bits per heavy atom. The van der Waals surface area contributed by atoms with E-state index >= 15 is 0 Å². The molecule has 1 aromatic carbocycles. The van der Waals surface area contributed by atoms with Crippen LogP contribution in [0.15, 0.2) is 30.5 Å². The van der Waals surface area contributed by atoms with Crippen molar-refractivity contribution in [2.24, 2.45) is 5.73 Å². The van der Waals surface area contributed by atoms with Crippen LogP contribution in [-0.2, 0) is 4.74 Å². The molecule has 36 heavy (non-hydrogen) atoms. The number of carbonyl (C=O) groups excluding carboxylic acids is 2. The molecule has 0 radical (unpaired) electrons. The number of nitrogens with one attached hydrogen (secondary N) is 1. The van der Waals surface area contributed by atoms with Gasteiger partial charge in [-0.1, -0.05) is 12.1 Å². The number of primary amides is 1. The standard InChI is InChI=1S/C26H37N7O3/c1-26(2,3)36-25(35)33-11-9-19(10-12-33)18-5-7-20(8-6-18)29-24-22(23(27)34)28-17-21(30-24)32-15-13-31(4)14-16-32/h5-8,17,19H,9-16H2,1-4H3,(H2,27,34)(H,29,30). The molecule has 3 heterocycles. The molecule has 0 saturated carbocycles. The second kappa shape index (κ2) is 10.7. The maximum absolute atomic E-state index is 12.3. The van der Waals surface area contributed by atoms with Gasteiger partial charge in [0.25, 0.3) is 5.91 Å². The number of benzene rings is 1. The first-order valence-electron chi connectivity index (χ1n) is 12.5. The number of likely N-dealkylation sites (N-methyl/N-ethyl adjacent to an activating group) is 1. The number of likely N-dealkylation sites (tertiary alicyclic amines) is 1. The molecule has 10 heteroatoms. The third-order valence-corrected chi connectivity index (χ3v) is 6.61. The number of hydrogen-bond donors (Lipinski definition) is 2. The normalized spacial score (nSPS) is 17.7. The highest BCUT2D eigenvalue weighted by Gasteiger charge is 2.27. The smallest absolute Gasteiger partial charge is 0.410 e. The van der Waals surface area contributed by atoms with E-state index < -0.39 is 11.5 Å². The number of carbonyl (C=O) groups is 2. The summed E-state index contributed by atoms with van der Waals surface area (Å²) in [5, 5.41) is 3.24. The van der Waals surface area contributed by atoms with Gasteiger partial charge in [0.2, 0.25) is 0 Å². The minimum atomic E-state index is -0.622. The summed E-state index contributed by atoms with van der Waals surface area (Å²) in [6.07, 6.45) is 3.14. The van der Waals surface area contributed by atoms with Crippen LogP contribution in [0, 0.1) is 0 Å². The molecule has 0 atom stereocenters. The highest BCUT2D eigenvalue weighted by molar-refractivity contribution is 5.96. The molecule has 1 aromatic heterocycles. The van der Waals surface area contributed by atoms with E-state index in [1.807, 2.05) is 32.9 Å². The van der Waals surface area contributed by atoms with Crippen LogP contribution in [0.4, 0.5) is 22.1 Å². The average molecular weight is 496 g/mol. The molecular weight excluding hydrogens is 458 g/mol. The summed E-state index contributed by atoms with van der Waals surface area (Å²) >= 11 is 0. The highest BCUT2D eigenvalue weighted by atomic mass is 16.6. The predicted molar refractivity (Wildman–Crippen MR) is 140 cm³/mol. The van der Waals surface area contributed by atoms with Crippen LogP contribution in [-0.4, -0.2) is 83.7 Å². The second-order valence-electron chi connectivity index (χ2n) is 10.6. The van der Waals surface area contributed by atoms with E-state index in [9.17, 15) is 9.59 Å². The fraction of sp³-hybridized carbons (Fsp3) is 0.538. The minimum absolute atomic E-state index is 0.117. The van der Waals surface area contributed by atoms with Gasteiger partial charge >= 0.3 is 6.09 Å². The van der Waals surface area contributed by atoms with Crippen molar-refractivity contribution in [3.05, 3.63) is 41.7 Å². The Morgan fingerprint density at radius 2 is 1.67 bits per heavy atom. The Balaban J connectivity index is 1.40. The minimum Gasteiger partial charge on any atom is -0.444 e. The van der Waals surface area contributed by atoms with E-state index in [0.29, 0.717) is 24.8 Å². The number of piperidine rings is 1. The molecule has 2 fully saturated rings. The van der Waals surface area contributed by atoms with Gasteiger partial charge in [-0.25, -0.2) is 14.8 Å². The summed E-state index contributed by atoms with van der Waals surface area (Å²) in [5.74, 6) is 0.837. The molecule has 0 aliphatic carbocycles. The fourth-order valence-electron chi connectivity index (χ4n) is 4.53. The first-order chi connectivity index (χ1) is 17.1. The van der Waals surface area contributed by atoms with Gasteiger partial charge in [0.1, 0.15) is 11.4 Å². The van der Waals surface area contributed by atoms with Crippen molar-refractivity contribution < 1.29 is 14.3 Å². The Kier molecular flexibility index (Phi) is 7.63. The summed E-state index contributed by atoms with van der Waals surface area (Å²) in [4.78, 5) is 39.5. The number of ether oxygens (including phenoxy) is 1. The summed E-state index contributed by atoms with van der Waals surface area (Å²) in [7, 11) is 2.10. The zero-order valence-corrected chi connectivity index (χ0v) is 21.7. The van der Waals surface area contributed by atoms with Crippen molar-refractivity contribution >= 4 is 29.3 Å². The van der Waals surface area contributed by atoms with Crippen LogP contribution >= 0.6 is 0 Å². The number of aromatic nitrogens is 2. The van der Waals surface area contributed by atoms with Gasteiger partial charge in [0, 0.05) is 45.0 Å². The SMILES string of the molecule is CN1CCN(c2cnc(C(N)=O)c(Nc3ccc(C4CCN(C(=O)OC(C)(C)C)CC4)cc3)n2)CC1. The van der Waals surface area contributed by atoms with Gasteiger partial charge in [-0.15, -0.1) is 0 Å². The second-order valence-corrected chi connectivity index (χ2v) is 10.6. The largest absolute Gasteiger partial charge is 0.444 e. The van der Waals surface area contributed by atoms with Crippen LogP contribution in [0.5, 0.6) is 0 Å². The summed E-state index contributed by atoms with van der Waals surface area (Å²) in [6.45, 7) is 10.6. The van der Waals surface area contributed by atoms with Gasteiger partial charge < -0.3 is 30.5 Å². The van der Waals surface area contributed by atoms with Crippen molar-refractivity contribution in [3.63, 3.8) is 0 Å². The lowest BCUT2D eigenvalue weighted by Crippen LogP contribution is -2.45. The number of nitrogens with two attached hydrogens (primary N) is 1. The van der Waals surface area contributed by atoms with E-state index in [4.69, 9.17) is 10.5 Å². The number of piperazine rings is 1. The molecule has 194 valence electrons. The molecule has 10 nitrogen and oxygen atoms in total. The van der Waals surface area contributed by atoms with Crippen LogP contribution in [0.25, 0.3) is 0 Å². The van der Waals surface area contributed by atoms with Crippen LogP contribution in [0.1, 0.15) is 55.6 Å². The van der Waals surface area contributed by atoms with Gasteiger partial charge in [0.05, 0.1) is 6.20 Å². The lowest BCUT2D eigenvalue weighted by atomic mass is 9.89. The third kappa shape index (κ3) is 6.42. The molecule has 2 saturated heterocycles. The van der Waals surface area contributed by atoms with Crippen molar-refractivity contribution in [3.8, 4) is 0 Å². The van der Waals surface area contributed by atoms with Crippen molar-refractivity contribution in [1.29, 1.82) is 0 Å². The van der Waals surface area contributed by atoms with E-state index in [1.54, 1.807) is 11.1 Å². The fourth-order valence-corrected chi connectivity index (χ4v) is 4.53. The zero-order chi connectivity index (χ0) is 25.9. The number of rotatable bonds is 5. The van der Waals surface area contributed by atoms with E-state index in [2.05, 4.69) is 44.3 Å². The Hall–Kier alpha value is -3.40. The first kappa shape index (κ1) is 25.7. The number of hydrogen-bond acceptors (Lipinski definition) is 8. The lowest BCUT2D eigenvalue weighted by molar-refractivity contribution is 0.0204. The molecule has 3 N–H and O–H groups in total. The molecule has 2 aliphatic rings. The summed E-state index contributed by atoms with van der Waals surface area (Å²) in [6, 6.07) is 8.12. The van der Waals surface area contributed by atoms with Gasteiger partial charge in [-0.05, 0) is 64.3 Å². The molecule has 2 aliphatic heterocycles. The molecule has 2 aromatic rings. The van der Waals surface area contributed by atoms with Gasteiger partial charge in [0.15, 0.2) is 11.5 Å². The van der Waals surface area contributed by atoms with Crippen LogP contribution < -0.4 is 16.0 Å². The first-order valence-corrected chi connectivity index (χ1v) is 12.5. The predicted octanol–water partition coefficient (Wildman–Crippen LogP) is 3.19.